The van der Waals surface area contributed by atoms with Gasteiger partial charge in [-0.25, -0.2) is 27.3 Å². The molecule has 1 aliphatic rings. The maximum Gasteiger partial charge on any atom is 0.238 e. The number of oxazole rings is 1. The largest absolute Gasteiger partial charge is 0.448 e. The summed E-state index contributed by atoms with van der Waals surface area (Å²) in [4.78, 5) is 4.43. The third-order valence-corrected chi connectivity index (χ3v) is 6.32. The van der Waals surface area contributed by atoms with Crippen molar-refractivity contribution in [2.75, 3.05) is 0 Å². The molecule has 1 aromatic heterocycles. The minimum Gasteiger partial charge on any atom is -0.448 e. The summed E-state index contributed by atoms with van der Waals surface area (Å²) in [7, 11) is -3.75. The summed E-state index contributed by atoms with van der Waals surface area (Å²) in [5.41, 5.74) is 1.02. The van der Waals surface area contributed by atoms with E-state index in [-0.39, 0.29) is 33.4 Å². The Morgan fingerprint density at radius 1 is 1.07 bits per heavy atom. The van der Waals surface area contributed by atoms with Crippen LogP contribution >= 0.6 is 0 Å². The van der Waals surface area contributed by atoms with Gasteiger partial charge in [-0.15, -0.1) is 0 Å². The number of hydrogen-bond acceptors (Lipinski definition) is 4. The maximum atomic E-state index is 14.0. The zero-order valence-electron chi connectivity index (χ0n) is 15.2. The summed E-state index contributed by atoms with van der Waals surface area (Å²) in [5.74, 6) is -0.722. The number of halogens is 2. The summed E-state index contributed by atoms with van der Waals surface area (Å²) in [6.45, 7) is 4.09. The first kappa shape index (κ1) is 18.8. The molecule has 1 fully saturated rings. The summed E-state index contributed by atoms with van der Waals surface area (Å²) >= 11 is 0. The molecule has 2 atom stereocenters. The highest BCUT2D eigenvalue weighted by atomic mass is 32.2. The predicted molar refractivity (Wildman–Crippen MR) is 98.9 cm³/mol. The molecule has 1 saturated carbocycles. The minimum absolute atomic E-state index is 0.0440. The molecular formula is C20H18F2N2O3S. The fourth-order valence-electron chi connectivity index (χ4n) is 3.83. The second-order valence-electron chi connectivity index (χ2n) is 7.59. The smallest absolute Gasteiger partial charge is 0.238 e. The number of hydrogen-bond donors (Lipinski definition) is 1. The van der Waals surface area contributed by atoms with Crippen molar-refractivity contribution in [3.63, 3.8) is 0 Å². The number of primary sulfonamides is 1. The van der Waals surface area contributed by atoms with E-state index in [1.54, 1.807) is 12.1 Å². The van der Waals surface area contributed by atoms with E-state index in [1.807, 2.05) is 13.8 Å². The van der Waals surface area contributed by atoms with Crippen LogP contribution in [0.3, 0.4) is 0 Å². The first-order valence-corrected chi connectivity index (χ1v) is 10.2. The molecule has 0 spiro atoms. The Labute approximate surface area is 161 Å². The topological polar surface area (TPSA) is 86.2 Å². The number of rotatable bonds is 4. The number of benzene rings is 2. The van der Waals surface area contributed by atoms with Crippen LogP contribution in [-0.2, 0) is 10.0 Å². The van der Waals surface area contributed by atoms with Gasteiger partial charge in [0.1, 0.15) is 23.6 Å². The highest BCUT2D eigenvalue weighted by Gasteiger charge is 2.61. The van der Waals surface area contributed by atoms with Gasteiger partial charge in [-0.1, -0.05) is 26.0 Å². The van der Waals surface area contributed by atoms with Crippen molar-refractivity contribution in [2.24, 2.45) is 10.6 Å². The molecule has 0 radical (unpaired) electrons. The van der Waals surface area contributed by atoms with E-state index in [1.165, 1.54) is 18.4 Å². The lowest BCUT2D eigenvalue weighted by Gasteiger charge is -2.04. The average Bonchev–Trinajstić information content (AvgIpc) is 2.97. The summed E-state index contributed by atoms with van der Waals surface area (Å²) in [6, 6.07) is 9.57. The molecule has 0 amide bonds. The highest BCUT2D eigenvalue weighted by Crippen LogP contribution is 2.69. The molecule has 0 aliphatic heterocycles. The van der Waals surface area contributed by atoms with E-state index in [2.05, 4.69) is 4.98 Å². The van der Waals surface area contributed by atoms with Gasteiger partial charge in [0, 0.05) is 17.4 Å². The Kier molecular flexibility index (Phi) is 4.17. The first-order chi connectivity index (χ1) is 13.1. The first-order valence-electron chi connectivity index (χ1n) is 8.62. The van der Waals surface area contributed by atoms with Crippen LogP contribution < -0.4 is 5.14 Å². The van der Waals surface area contributed by atoms with Crippen LogP contribution in [0.5, 0.6) is 0 Å². The standard InChI is InChI=1S/C20H18F2N2O3S/c1-20(2)17(11-3-6-13(7-4-11)28(23,25)26)18(20)19-24-16(10-27-19)14-9-12(21)5-8-15(14)22/h3-10,17-18H,1-2H3,(H2,23,25,26)/t17-,18+/m1/s1. The molecule has 0 unspecified atom stereocenters. The fraction of sp³-hybridized carbons (Fsp3) is 0.250. The van der Waals surface area contributed by atoms with Gasteiger partial charge in [-0.05, 0) is 41.3 Å². The Morgan fingerprint density at radius 2 is 1.75 bits per heavy atom. The maximum absolute atomic E-state index is 14.0. The Hall–Kier alpha value is -2.58. The zero-order valence-corrected chi connectivity index (χ0v) is 16.0. The predicted octanol–water partition coefficient (Wildman–Crippen LogP) is 4.17. The van der Waals surface area contributed by atoms with Crippen LogP contribution in [0.25, 0.3) is 11.3 Å². The van der Waals surface area contributed by atoms with Crippen molar-refractivity contribution in [3.05, 3.63) is 71.8 Å². The average molecular weight is 404 g/mol. The van der Waals surface area contributed by atoms with Gasteiger partial charge >= 0.3 is 0 Å². The van der Waals surface area contributed by atoms with Crippen LogP contribution in [0.4, 0.5) is 8.78 Å². The normalized spacial score (nSPS) is 20.9. The van der Waals surface area contributed by atoms with Gasteiger partial charge in [0.2, 0.25) is 10.0 Å². The van der Waals surface area contributed by atoms with Crippen molar-refractivity contribution < 1.29 is 21.6 Å². The van der Waals surface area contributed by atoms with Gasteiger partial charge in [0.05, 0.1) is 4.90 Å². The second-order valence-corrected chi connectivity index (χ2v) is 9.15. The Balaban J connectivity index is 1.64. The molecule has 2 aromatic carbocycles. The molecule has 5 nitrogen and oxygen atoms in total. The summed E-state index contributed by atoms with van der Waals surface area (Å²) in [5, 5.41) is 5.14. The molecule has 2 N–H and O–H groups in total. The molecule has 146 valence electrons. The van der Waals surface area contributed by atoms with E-state index in [4.69, 9.17) is 9.56 Å². The SMILES string of the molecule is CC1(C)[C@H](c2ccc(S(N)(=O)=O)cc2)[C@H]1c1nc(-c2cc(F)ccc2F)co1. The molecule has 4 rings (SSSR count). The molecule has 28 heavy (non-hydrogen) atoms. The number of sulfonamides is 1. The third kappa shape index (κ3) is 3.12. The summed E-state index contributed by atoms with van der Waals surface area (Å²) < 4.78 is 55.9. The van der Waals surface area contributed by atoms with Crippen molar-refractivity contribution >= 4 is 10.0 Å². The van der Waals surface area contributed by atoms with E-state index in [0.29, 0.717) is 5.89 Å². The fourth-order valence-corrected chi connectivity index (χ4v) is 4.35. The Morgan fingerprint density at radius 3 is 2.39 bits per heavy atom. The van der Waals surface area contributed by atoms with Gasteiger partial charge in [0.15, 0.2) is 5.89 Å². The van der Waals surface area contributed by atoms with Crippen molar-refractivity contribution in [1.82, 2.24) is 4.98 Å². The van der Waals surface area contributed by atoms with Crippen molar-refractivity contribution in [2.45, 2.75) is 30.6 Å². The van der Waals surface area contributed by atoms with Crippen LogP contribution in [0.2, 0.25) is 0 Å². The number of aromatic nitrogens is 1. The monoisotopic (exact) mass is 404 g/mol. The van der Waals surface area contributed by atoms with Crippen LogP contribution in [0, 0.1) is 17.0 Å². The Bertz CT molecular complexity index is 1150. The summed E-state index contributed by atoms with van der Waals surface area (Å²) in [6.07, 6.45) is 1.32. The number of nitrogens with two attached hydrogens (primary N) is 1. The molecule has 3 aromatic rings. The molecule has 8 heteroatoms. The third-order valence-electron chi connectivity index (χ3n) is 5.39. The molecular weight excluding hydrogens is 386 g/mol. The van der Waals surface area contributed by atoms with E-state index >= 15 is 0 Å². The van der Waals surface area contributed by atoms with Gasteiger partial charge < -0.3 is 4.42 Å². The zero-order chi connectivity index (χ0) is 20.3. The lowest BCUT2D eigenvalue weighted by Crippen LogP contribution is -2.11. The molecule has 1 aliphatic carbocycles. The number of nitrogens with zero attached hydrogens (tertiary/aromatic N) is 1. The van der Waals surface area contributed by atoms with Crippen molar-refractivity contribution in [3.8, 4) is 11.3 Å². The molecule has 0 bridgehead atoms. The van der Waals surface area contributed by atoms with E-state index in [9.17, 15) is 17.2 Å². The van der Waals surface area contributed by atoms with Crippen LogP contribution in [-0.4, -0.2) is 13.4 Å². The lowest BCUT2D eigenvalue weighted by molar-refractivity contribution is 0.467. The minimum atomic E-state index is -3.75. The van der Waals surface area contributed by atoms with E-state index in [0.717, 1.165) is 23.8 Å². The quantitative estimate of drug-likeness (QED) is 0.707. The van der Waals surface area contributed by atoms with Gasteiger partial charge in [-0.2, -0.15) is 0 Å². The lowest BCUT2D eigenvalue weighted by atomic mass is 10.0. The second kappa shape index (κ2) is 6.22. The van der Waals surface area contributed by atoms with Crippen LogP contribution in [0.15, 0.2) is 58.0 Å². The van der Waals surface area contributed by atoms with Crippen molar-refractivity contribution in [1.29, 1.82) is 0 Å². The van der Waals surface area contributed by atoms with E-state index < -0.39 is 21.7 Å². The molecule has 0 saturated heterocycles. The van der Waals surface area contributed by atoms with Crippen LogP contribution in [0.1, 0.15) is 37.1 Å². The molecule has 1 heterocycles. The van der Waals surface area contributed by atoms with Gasteiger partial charge in [-0.3, -0.25) is 0 Å². The highest BCUT2D eigenvalue weighted by molar-refractivity contribution is 7.89. The van der Waals surface area contributed by atoms with Gasteiger partial charge in [0.25, 0.3) is 0 Å².